The highest BCUT2D eigenvalue weighted by molar-refractivity contribution is 6.32. The van der Waals surface area contributed by atoms with Crippen molar-refractivity contribution in [2.24, 2.45) is 29.4 Å². The van der Waals surface area contributed by atoms with Gasteiger partial charge in [-0.25, -0.2) is 0 Å². The Morgan fingerprint density at radius 3 is 2.44 bits per heavy atom. The molecule has 9 heteroatoms. The van der Waals surface area contributed by atoms with E-state index in [4.69, 9.17) is 5.73 Å². The number of likely N-dealkylation sites (N-methyl/N-ethyl adjacent to an activating group) is 1. The minimum atomic E-state index is -2.71. The number of amides is 1. The molecule has 5 rings (SSSR count). The molecule has 6 atom stereocenters. The first-order valence-electron chi connectivity index (χ1n) is 11.1. The summed E-state index contributed by atoms with van der Waals surface area (Å²) in [7, 11) is 3.11. The van der Waals surface area contributed by atoms with E-state index in [1.807, 2.05) is 6.07 Å². The highest BCUT2D eigenvalue weighted by atomic mass is 16.3. The molecule has 0 bridgehead atoms. The van der Waals surface area contributed by atoms with Crippen molar-refractivity contribution in [2.45, 2.75) is 24.5 Å². The quantitative estimate of drug-likeness (QED) is 0.526. The predicted molar refractivity (Wildman–Crippen MR) is 119 cm³/mol. The summed E-state index contributed by atoms with van der Waals surface area (Å²) in [6.45, 7) is 0. The fourth-order valence-electron chi connectivity index (χ4n) is 6.32. The van der Waals surface area contributed by atoms with Gasteiger partial charge in [-0.05, 0) is 43.8 Å². The first kappa shape index (κ1) is 22.4. The molecule has 0 heterocycles. The Hall–Kier alpha value is -3.43. The Morgan fingerprint density at radius 2 is 1.79 bits per heavy atom. The van der Waals surface area contributed by atoms with Crippen LogP contribution in [0.25, 0.3) is 10.8 Å². The molecule has 0 aliphatic heterocycles. The number of benzene rings is 2. The Kier molecular flexibility index (Phi) is 4.79. The average molecular weight is 464 g/mol. The van der Waals surface area contributed by atoms with Gasteiger partial charge in [0.2, 0.25) is 5.91 Å². The maximum Gasteiger partial charge on any atom is 0.235 e. The summed E-state index contributed by atoms with van der Waals surface area (Å²) in [5.74, 6) is -10.3. The molecule has 3 aliphatic rings. The molecule has 0 saturated heterocycles. The van der Waals surface area contributed by atoms with Crippen LogP contribution in [0, 0.1) is 23.7 Å². The van der Waals surface area contributed by atoms with Gasteiger partial charge in [0.05, 0.1) is 17.5 Å². The highest BCUT2D eigenvalue weighted by Crippen LogP contribution is 2.51. The van der Waals surface area contributed by atoms with E-state index in [9.17, 15) is 34.2 Å². The minimum Gasteiger partial charge on any atom is -0.507 e. The maximum absolute atomic E-state index is 13.7. The number of nitrogens with zero attached hydrogens (tertiary/aromatic N) is 1. The summed E-state index contributed by atoms with van der Waals surface area (Å²) in [6, 6.07) is 7.68. The molecular formula is C25H24N2O7. The number of nitrogens with two attached hydrogens (primary N) is 1. The Labute approximate surface area is 194 Å². The number of Topliss-reactive ketones (excluding diaryl/α,β-unsaturated/α-hetero) is 4. The summed E-state index contributed by atoms with van der Waals surface area (Å²) >= 11 is 0. The topological polar surface area (TPSA) is 155 Å². The number of aromatic hydroxyl groups is 1. The Balaban J connectivity index is 1.67. The minimum absolute atomic E-state index is 0.00490. The zero-order chi connectivity index (χ0) is 24.7. The fourth-order valence-corrected chi connectivity index (χ4v) is 6.32. The number of primary amides is 1. The summed E-state index contributed by atoms with van der Waals surface area (Å²) in [5.41, 5.74) is 3.18. The normalized spacial score (nSPS) is 33.0. The molecule has 34 heavy (non-hydrogen) atoms. The number of ketones is 4. The largest absolute Gasteiger partial charge is 0.507 e. The SMILES string of the molecule is CN(C)[C@@H]1C(=O)C(C(N)=O)C(=O)[C@@]2(O)C(=O)C3C(=O)c4c(cc5ccccc5c4O)C[C@H]3C[C@@H]12. The average Bonchev–Trinajstić information content (AvgIpc) is 2.76. The molecule has 0 radical (unpaired) electrons. The molecular weight excluding hydrogens is 440 g/mol. The van der Waals surface area contributed by atoms with Crippen molar-refractivity contribution in [1.29, 1.82) is 0 Å². The Bertz CT molecular complexity index is 1320. The molecule has 0 aromatic heterocycles. The lowest BCUT2D eigenvalue weighted by Crippen LogP contribution is -2.74. The Morgan fingerprint density at radius 1 is 1.12 bits per heavy atom. The van der Waals surface area contributed by atoms with Crippen molar-refractivity contribution in [3.63, 3.8) is 0 Å². The number of carbonyl (C=O) groups excluding carboxylic acids is 5. The molecule has 3 aliphatic carbocycles. The van der Waals surface area contributed by atoms with Gasteiger partial charge in [0.1, 0.15) is 5.75 Å². The molecule has 4 N–H and O–H groups in total. The second-order valence-electron chi connectivity index (χ2n) is 9.77. The van der Waals surface area contributed by atoms with E-state index in [1.54, 1.807) is 38.4 Å². The zero-order valence-corrected chi connectivity index (χ0v) is 18.6. The molecule has 2 fully saturated rings. The molecule has 2 aromatic carbocycles. The van der Waals surface area contributed by atoms with Gasteiger partial charge >= 0.3 is 0 Å². The van der Waals surface area contributed by atoms with Crippen LogP contribution in [0.1, 0.15) is 22.3 Å². The molecule has 2 unspecified atom stereocenters. The van der Waals surface area contributed by atoms with Crippen LogP contribution in [0.2, 0.25) is 0 Å². The van der Waals surface area contributed by atoms with Gasteiger partial charge in [0.15, 0.2) is 34.7 Å². The first-order chi connectivity index (χ1) is 16.0. The van der Waals surface area contributed by atoms with Gasteiger partial charge < -0.3 is 15.9 Å². The number of carbonyl (C=O) groups is 5. The van der Waals surface area contributed by atoms with E-state index < -0.39 is 64.4 Å². The van der Waals surface area contributed by atoms with Crippen molar-refractivity contribution in [3.8, 4) is 5.75 Å². The number of rotatable bonds is 2. The second kappa shape index (κ2) is 7.28. The van der Waals surface area contributed by atoms with Gasteiger partial charge in [-0.2, -0.15) is 0 Å². The van der Waals surface area contributed by atoms with Gasteiger partial charge in [0, 0.05) is 11.3 Å². The number of hydrogen-bond donors (Lipinski definition) is 3. The lowest BCUT2D eigenvalue weighted by Gasteiger charge is -2.52. The summed E-state index contributed by atoms with van der Waals surface area (Å²) in [5, 5.41) is 23.6. The van der Waals surface area contributed by atoms with Gasteiger partial charge in [-0.15, -0.1) is 0 Å². The van der Waals surface area contributed by atoms with E-state index in [0.717, 1.165) is 5.39 Å². The van der Waals surface area contributed by atoms with Crippen LogP contribution in [-0.4, -0.2) is 69.9 Å². The van der Waals surface area contributed by atoms with Gasteiger partial charge in [-0.3, -0.25) is 28.9 Å². The van der Waals surface area contributed by atoms with Crippen molar-refractivity contribution in [3.05, 3.63) is 41.5 Å². The van der Waals surface area contributed by atoms with Crippen LogP contribution in [0.4, 0.5) is 0 Å². The fraction of sp³-hybridized carbons (Fsp3) is 0.400. The zero-order valence-electron chi connectivity index (χ0n) is 18.6. The van der Waals surface area contributed by atoms with Crippen LogP contribution >= 0.6 is 0 Å². The lowest BCUT2D eigenvalue weighted by molar-refractivity contribution is -0.181. The van der Waals surface area contributed by atoms with Crippen LogP contribution in [-0.2, 0) is 25.6 Å². The van der Waals surface area contributed by atoms with E-state index in [-0.39, 0.29) is 24.2 Å². The number of fused-ring (bicyclic) bond motifs is 4. The summed E-state index contributed by atoms with van der Waals surface area (Å²) in [4.78, 5) is 67.0. The first-order valence-corrected chi connectivity index (χ1v) is 11.1. The monoisotopic (exact) mass is 464 g/mol. The molecule has 0 spiro atoms. The third-order valence-electron chi connectivity index (χ3n) is 7.77. The predicted octanol–water partition coefficient (Wildman–Crippen LogP) is 0.0202. The molecule has 2 aromatic rings. The molecule has 176 valence electrons. The molecule has 2 saturated carbocycles. The summed E-state index contributed by atoms with van der Waals surface area (Å²) < 4.78 is 0. The highest BCUT2D eigenvalue weighted by Gasteiger charge is 2.69. The van der Waals surface area contributed by atoms with Crippen molar-refractivity contribution < 1.29 is 34.2 Å². The van der Waals surface area contributed by atoms with Crippen molar-refractivity contribution >= 4 is 39.8 Å². The van der Waals surface area contributed by atoms with E-state index in [0.29, 0.717) is 10.9 Å². The number of phenolic OH excluding ortho intramolecular Hbond substituents is 1. The molecule has 9 nitrogen and oxygen atoms in total. The maximum atomic E-state index is 13.7. The van der Waals surface area contributed by atoms with Crippen molar-refractivity contribution in [2.75, 3.05) is 14.1 Å². The van der Waals surface area contributed by atoms with Crippen LogP contribution in [0.3, 0.4) is 0 Å². The van der Waals surface area contributed by atoms with Gasteiger partial charge in [-0.1, -0.05) is 30.3 Å². The van der Waals surface area contributed by atoms with Crippen LogP contribution in [0.15, 0.2) is 30.3 Å². The number of aliphatic hydroxyl groups is 1. The van der Waals surface area contributed by atoms with Crippen molar-refractivity contribution in [1.82, 2.24) is 4.90 Å². The van der Waals surface area contributed by atoms with Gasteiger partial charge in [0.25, 0.3) is 0 Å². The van der Waals surface area contributed by atoms with E-state index in [2.05, 4.69) is 0 Å². The van der Waals surface area contributed by atoms with Crippen LogP contribution < -0.4 is 5.73 Å². The summed E-state index contributed by atoms with van der Waals surface area (Å²) in [6.07, 6.45) is 0.293. The van der Waals surface area contributed by atoms with E-state index >= 15 is 0 Å². The third kappa shape index (κ3) is 2.71. The second-order valence-corrected chi connectivity index (χ2v) is 9.77. The standard InChI is InChI=1S/C25H24N2O7/c1-27(2)18-14-9-12-8-11-7-10-5-3-4-6-13(10)19(28)15(11)20(29)16(12)22(31)25(14,34)23(32)17(21(18)30)24(26)33/h3-7,12,14,16-18,28,34H,8-9H2,1-2H3,(H2,26,33)/t12-,14-,16?,17?,18-,25-/m0/s1. The van der Waals surface area contributed by atoms with E-state index in [1.165, 1.54) is 4.90 Å². The number of phenols is 1. The third-order valence-corrected chi connectivity index (χ3v) is 7.77. The number of hydrogen-bond acceptors (Lipinski definition) is 8. The lowest BCUT2D eigenvalue weighted by atomic mass is 9.52. The van der Waals surface area contributed by atoms with Crippen LogP contribution in [0.5, 0.6) is 5.75 Å². The smallest absolute Gasteiger partial charge is 0.235 e. The molecule has 1 amide bonds.